The molecule has 5 rings (SSSR count). The van der Waals surface area contributed by atoms with Crippen LogP contribution in [0.4, 0.5) is 17.1 Å². The lowest BCUT2D eigenvalue weighted by molar-refractivity contribution is 0.391. The van der Waals surface area contributed by atoms with Gasteiger partial charge in [-0.2, -0.15) is 8.42 Å². The van der Waals surface area contributed by atoms with E-state index in [4.69, 9.17) is 5.73 Å². The van der Waals surface area contributed by atoms with E-state index in [0.29, 0.717) is 11.3 Å². The highest BCUT2D eigenvalue weighted by Gasteiger charge is 2.20. The van der Waals surface area contributed by atoms with Crippen LogP contribution in [0.3, 0.4) is 0 Å². The third-order valence-electron chi connectivity index (χ3n) is 8.13. The molecule has 1 saturated heterocycles. The fraction of sp³-hybridized carbons (Fsp3) is 0.343. The lowest BCUT2D eigenvalue weighted by Gasteiger charge is -2.30. The van der Waals surface area contributed by atoms with Gasteiger partial charge in [0, 0.05) is 46.8 Å². The second-order valence-corrected chi connectivity index (χ2v) is 15.6. The molecule has 9 nitrogen and oxygen atoms in total. The predicted octanol–water partition coefficient (Wildman–Crippen LogP) is 7.25. The van der Waals surface area contributed by atoms with Crippen molar-refractivity contribution < 1.29 is 8.42 Å². The molecule has 0 radical (unpaired) electrons. The smallest absolute Gasteiger partial charge is 0.284 e. The van der Waals surface area contributed by atoms with Gasteiger partial charge in [0.15, 0.2) is 0 Å². The van der Waals surface area contributed by atoms with Gasteiger partial charge >= 0.3 is 0 Å². The molecule has 0 spiro atoms. The van der Waals surface area contributed by atoms with Crippen molar-refractivity contribution in [3.05, 3.63) is 106 Å². The first-order valence-electron chi connectivity index (χ1n) is 15.7. The molecular formula is C35H42N6O3S3. The number of thioether (sulfide) groups is 2. The minimum absolute atomic E-state index is 0.00199. The zero-order valence-corrected chi connectivity index (χ0v) is 29.3. The van der Waals surface area contributed by atoms with Gasteiger partial charge in [0.05, 0.1) is 10.6 Å². The fourth-order valence-corrected chi connectivity index (χ4v) is 8.29. The number of benzene rings is 3. The van der Waals surface area contributed by atoms with Crippen LogP contribution in [0.2, 0.25) is 0 Å². The fourth-order valence-electron chi connectivity index (χ4n) is 5.46. The van der Waals surface area contributed by atoms with Crippen molar-refractivity contribution in [2.24, 2.45) is 15.3 Å². The van der Waals surface area contributed by atoms with Crippen molar-refractivity contribution in [3.8, 4) is 0 Å². The molecule has 0 unspecified atom stereocenters. The van der Waals surface area contributed by atoms with Crippen LogP contribution in [0.1, 0.15) is 31.2 Å². The minimum Gasteiger partial charge on any atom is -0.383 e. The lowest BCUT2D eigenvalue weighted by Crippen LogP contribution is -2.30. The van der Waals surface area contributed by atoms with Gasteiger partial charge in [0.25, 0.3) is 10.0 Å². The summed E-state index contributed by atoms with van der Waals surface area (Å²) in [5.41, 5.74) is 11.2. The first-order valence-corrected chi connectivity index (χ1v) is 19.2. The summed E-state index contributed by atoms with van der Waals surface area (Å²) >= 11 is 3.60. The van der Waals surface area contributed by atoms with Crippen LogP contribution >= 0.6 is 23.5 Å². The van der Waals surface area contributed by atoms with Crippen molar-refractivity contribution in [2.75, 3.05) is 55.5 Å². The van der Waals surface area contributed by atoms with Gasteiger partial charge < -0.3 is 20.9 Å². The monoisotopic (exact) mass is 690 g/mol. The van der Waals surface area contributed by atoms with E-state index < -0.39 is 10.0 Å². The number of piperidine rings is 1. The van der Waals surface area contributed by atoms with Gasteiger partial charge in [-0.25, -0.2) is 0 Å². The van der Waals surface area contributed by atoms with E-state index >= 15 is 0 Å². The maximum Gasteiger partial charge on any atom is 0.284 e. The van der Waals surface area contributed by atoms with Crippen molar-refractivity contribution in [2.45, 2.75) is 41.5 Å². The number of rotatable bonds is 14. The molecule has 12 heteroatoms. The Morgan fingerprint density at radius 2 is 1.81 bits per heavy atom. The predicted molar refractivity (Wildman–Crippen MR) is 199 cm³/mol. The number of allylic oxidation sites excluding steroid dienone is 2. The summed E-state index contributed by atoms with van der Waals surface area (Å²) in [4.78, 5) is 17.3. The molecular weight excluding hydrogens is 649 g/mol. The average Bonchev–Trinajstić information content (AvgIpc) is 3.59. The summed E-state index contributed by atoms with van der Waals surface area (Å²) in [6, 6.07) is 21.9. The van der Waals surface area contributed by atoms with Crippen LogP contribution in [0.15, 0.2) is 115 Å². The normalized spacial score (nSPS) is 16.2. The molecule has 0 amide bonds. The third kappa shape index (κ3) is 9.96. The molecule has 248 valence electrons. The molecule has 2 aliphatic rings. The maximum absolute atomic E-state index is 13.3. The van der Waals surface area contributed by atoms with Crippen molar-refractivity contribution in [3.63, 3.8) is 0 Å². The second kappa shape index (κ2) is 16.5. The quantitative estimate of drug-likeness (QED) is 0.0780. The van der Waals surface area contributed by atoms with Crippen molar-refractivity contribution >= 4 is 56.4 Å². The van der Waals surface area contributed by atoms with Crippen LogP contribution in [0.25, 0.3) is 0 Å². The summed E-state index contributed by atoms with van der Waals surface area (Å²) < 4.78 is 30.4. The number of nitrogens with zero attached hydrogens (tertiary/aromatic N) is 4. The summed E-state index contributed by atoms with van der Waals surface area (Å²) in [6.45, 7) is 2.71. The summed E-state index contributed by atoms with van der Waals surface area (Å²) in [5.74, 6) is 1.82. The van der Waals surface area contributed by atoms with Gasteiger partial charge in [-0.15, -0.1) is 32.8 Å². The lowest BCUT2D eigenvalue weighted by atomic mass is 10.00. The Hall–Kier alpha value is -3.58. The van der Waals surface area contributed by atoms with E-state index in [-0.39, 0.29) is 22.5 Å². The Morgan fingerprint density at radius 3 is 2.47 bits per heavy atom. The average molecular weight is 691 g/mol. The number of amidine groups is 1. The van der Waals surface area contributed by atoms with E-state index in [2.05, 4.69) is 48.3 Å². The SMILES string of the molecule is CN(C)CC[C@H](CSc1ccccc1)Nc1ccc(S(=O)(=O)N=C(N)c2ccc(N3CCC(=CC4=CSCC4)CC3)cc2)cc1N=O. The van der Waals surface area contributed by atoms with E-state index in [9.17, 15) is 13.3 Å². The Kier molecular flexibility index (Phi) is 12.2. The number of anilines is 2. The third-order valence-corrected chi connectivity index (χ3v) is 11.5. The molecule has 47 heavy (non-hydrogen) atoms. The number of sulfonamides is 1. The van der Waals surface area contributed by atoms with Crippen LogP contribution < -0.4 is 16.0 Å². The molecule has 0 aliphatic carbocycles. The number of nitrogens with two attached hydrogens (primary N) is 1. The van der Waals surface area contributed by atoms with Crippen molar-refractivity contribution in [1.82, 2.24) is 4.90 Å². The summed E-state index contributed by atoms with van der Waals surface area (Å²) in [6.07, 6.45) is 6.40. The maximum atomic E-state index is 13.3. The topological polar surface area (TPSA) is 120 Å². The van der Waals surface area contributed by atoms with Crippen molar-refractivity contribution in [1.29, 1.82) is 0 Å². The first-order chi connectivity index (χ1) is 22.7. The molecule has 2 aliphatic heterocycles. The molecule has 0 bridgehead atoms. The minimum atomic E-state index is -4.20. The molecule has 1 atom stereocenters. The molecule has 3 N–H and O–H groups in total. The highest BCUT2D eigenvalue weighted by Crippen LogP contribution is 2.32. The summed E-state index contributed by atoms with van der Waals surface area (Å²) in [7, 11) is -0.175. The van der Waals surface area contributed by atoms with Gasteiger partial charge in [0.2, 0.25) is 0 Å². The number of nitroso groups, excluding NO2 is 1. The standard InChI is InChI=1S/C35H42N6O3S3/c1-40(2)18-16-29(25-46-31-6-4-3-5-7-31)37-33-13-12-32(23-34(33)38-42)47(43,44)39-35(36)28-8-10-30(11-9-28)41-19-14-26(15-20-41)22-27-17-21-45-24-27/h3-13,22-24,29,37H,14-21,25H2,1-2H3,(H2,36,39)/t29-/m1/s1. The van der Waals surface area contributed by atoms with Gasteiger partial charge in [-0.3, -0.25) is 0 Å². The Bertz CT molecular complexity index is 1710. The molecule has 3 aromatic rings. The largest absolute Gasteiger partial charge is 0.383 e. The first kappa shape index (κ1) is 34.7. The van der Waals surface area contributed by atoms with E-state index in [0.717, 1.165) is 61.7 Å². The number of hydrogen-bond acceptors (Lipinski definition) is 9. The number of nitrogens with one attached hydrogen (secondary N) is 1. The zero-order valence-electron chi connectivity index (χ0n) is 26.8. The van der Waals surface area contributed by atoms with Crippen LogP contribution in [0, 0.1) is 4.91 Å². The highest BCUT2D eigenvalue weighted by atomic mass is 32.2. The Morgan fingerprint density at radius 1 is 1.06 bits per heavy atom. The van der Waals surface area contributed by atoms with E-state index in [1.807, 2.05) is 56.2 Å². The van der Waals surface area contributed by atoms with Gasteiger partial charge in [-0.1, -0.05) is 29.8 Å². The van der Waals surface area contributed by atoms with Gasteiger partial charge in [0.1, 0.15) is 11.5 Å². The van der Waals surface area contributed by atoms with Gasteiger partial charge in [-0.05, 0) is 117 Å². The van der Waals surface area contributed by atoms with E-state index in [1.165, 1.54) is 29.0 Å². The number of hydrogen-bond donors (Lipinski definition) is 2. The Labute approximate surface area is 286 Å². The second-order valence-electron chi connectivity index (χ2n) is 11.9. The molecule has 2 heterocycles. The molecule has 3 aromatic carbocycles. The molecule has 0 saturated carbocycles. The van der Waals surface area contributed by atoms with Crippen LogP contribution in [-0.2, 0) is 10.0 Å². The van der Waals surface area contributed by atoms with Crippen LogP contribution in [-0.4, -0.2) is 70.4 Å². The Balaban J connectivity index is 1.24. The molecule has 1 fully saturated rings. The zero-order chi connectivity index (χ0) is 33.2. The highest BCUT2D eigenvalue weighted by molar-refractivity contribution is 8.02. The van der Waals surface area contributed by atoms with Crippen LogP contribution in [0.5, 0.6) is 0 Å². The van der Waals surface area contributed by atoms with E-state index in [1.54, 1.807) is 30.0 Å². The molecule has 0 aromatic heterocycles. The summed E-state index contributed by atoms with van der Waals surface area (Å²) in [5, 5.41) is 8.83.